The third kappa shape index (κ3) is 1.88. The Hall–Kier alpha value is -1.31. The van der Waals surface area contributed by atoms with Crippen LogP contribution >= 0.6 is 0 Å². The van der Waals surface area contributed by atoms with E-state index in [0.29, 0.717) is 17.6 Å². The van der Waals surface area contributed by atoms with Gasteiger partial charge in [-0.2, -0.15) is 0 Å². The first kappa shape index (κ1) is 12.4. The van der Waals surface area contributed by atoms with E-state index in [1.165, 1.54) is 32.1 Å². The Balaban J connectivity index is 1.62. The number of hydrogen-bond donors (Lipinski definition) is 0. The minimum absolute atomic E-state index is 0.287. The van der Waals surface area contributed by atoms with E-state index in [-0.39, 0.29) is 5.92 Å². The molecule has 1 aromatic carbocycles. The normalized spacial score (nSPS) is 38.0. The number of benzene rings is 1. The van der Waals surface area contributed by atoms with E-state index in [0.717, 1.165) is 23.1 Å². The van der Waals surface area contributed by atoms with Crippen molar-refractivity contribution in [2.24, 2.45) is 29.6 Å². The maximum Gasteiger partial charge on any atom is 0.166 e. The first-order valence-corrected chi connectivity index (χ1v) is 7.93. The fraction of sp³-hybridized carbons (Fsp3) is 0.611. The zero-order valence-corrected chi connectivity index (χ0v) is 12.0. The molecule has 0 heterocycles. The Bertz CT molecular complexity index is 506. The summed E-state index contributed by atoms with van der Waals surface area (Å²) < 4.78 is 5.26. The van der Waals surface area contributed by atoms with Gasteiger partial charge in [-0.25, -0.2) is 0 Å². The number of ether oxygens (including phenoxy) is 1. The lowest BCUT2D eigenvalue weighted by Crippen LogP contribution is -2.48. The summed E-state index contributed by atoms with van der Waals surface area (Å²) in [7, 11) is 1.66. The van der Waals surface area contributed by atoms with Gasteiger partial charge in [0.1, 0.15) is 5.75 Å². The highest BCUT2D eigenvalue weighted by Gasteiger charge is 2.50. The molecule has 0 atom stereocenters. The van der Waals surface area contributed by atoms with Crippen molar-refractivity contribution in [2.75, 3.05) is 7.11 Å². The maximum atomic E-state index is 12.9. The third-order valence-corrected chi connectivity index (χ3v) is 5.88. The first-order valence-electron chi connectivity index (χ1n) is 7.93. The summed E-state index contributed by atoms with van der Waals surface area (Å²) in [5.74, 6) is 4.61. The van der Waals surface area contributed by atoms with Crippen molar-refractivity contribution in [1.82, 2.24) is 0 Å². The summed E-state index contributed by atoms with van der Waals surface area (Å²) in [6.45, 7) is 0. The second-order valence-electron chi connectivity index (χ2n) is 7.05. The summed E-state index contributed by atoms with van der Waals surface area (Å²) in [6.07, 6.45) is 6.63. The number of methoxy groups -OCH3 is 1. The smallest absolute Gasteiger partial charge is 0.166 e. The summed E-state index contributed by atoms with van der Waals surface area (Å²) in [4.78, 5) is 12.9. The van der Waals surface area contributed by atoms with Gasteiger partial charge in [-0.05, 0) is 67.9 Å². The van der Waals surface area contributed by atoms with E-state index in [1.54, 1.807) is 7.11 Å². The van der Waals surface area contributed by atoms with Gasteiger partial charge in [0.15, 0.2) is 5.78 Å². The van der Waals surface area contributed by atoms with Crippen molar-refractivity contribution in [1.29, 1.82) is 0 Å². The first-order chi connectivity index (χ1) is 9.74. The second-order valence-corrected chi connectivity index (χ2v) is 7.05. The molecule has 0 radical (unpaired) electrons. The molecule has 0 N–H and O–H groups in total. The molecule has 0 aliphatic heterocycles. The van der Waals surface area contributed by atoms with E-state index in [9.17, 15) is 4.79 Å². The monoisotopic (exact) mass is 270 g/mol. The van der Waals surface area contributed by atoms with Crippen molar-refractivity contribution in [3.63, 3.8) is 0 Å². The quantitative estimate of drug-likeness (QED) is 0.777. The molecular formula is C18H22O2. The van der Waals surface area contributed by atoms with E-state index < -0.39 is 0 Å². The second kappa shape index (κ2) is 4.61. The Morgan fingerprint density at radius 1 is 1.05 bits per heavy atom. The van der Waals surface area contributed by atoms with Crippen LogP contribution in [0.2, 0.25) is 0 Å². The molecule has 4 saturated carbocycles. The summed E-state index contributed by atoms with van der Waals surface area (Å²) in [5.41, 5.74) is 0.849. The predicted molar refractivity (Wildman–Crippen MR) is 77.9 cm³/mol. The van der Waals surface area contributed by atoms with E-state index in [1.807, 2.05) is 24.3 Å². The van der Waals surface area contributed by atoms with Gasteiger partial charge in [-0.1, -0.05) is 12.1 Å². The van der Waals surface area contributed by atoms with E-state index in [2.05, 4.69) is 0 Å². The predicted octanol–water partition coefficient (Wildman–Crippen LogP) is 3.95. The topological polar surface area (TPSA) is 26.3 Å². The number of carbonyl (C=O) groups excluding carboxylic acids is 1. The number of rotatable bonds is 3. The van der Waals surface area contributed by atoms with Gasteiger partial charge in [0.25, 0.3) is 0 Å². The molecule has 0 saturated heterocycles. The van der Waals surface area contributed by atoms with Gasteiger partial charge >= 0.3 is 0 Å². The lowest BCUT2D eigenvalue weighted by Gasteiger charge is -2.53. The van der Waals surface area contributed by atoms with Crippen LogP contribution < -0.4 is 4.74 Å². The van der Waals surface area contributed by atoms with Crippen LogP contribution in [0.5, 0.6) is 5.75 Å². The molecule has 0 amide bonds. The lowest BCUT2D eigenvalue weighted by molar-refractivity contribution is -0.0251. The Morgan fingerprint density at radius 3 is 2.30 bits per heavy atom. The third-order valence-electron chi connectivity index (χ3n) is 5.88. The zero-order chi connectivity index (χ0) is 13.7. The molecule has 4 fully saturated rings. The molecular weight excluding hydrogens is 248 g/mol. The average Bonchev–Trinajstić information content (AvgIpc) is 2.46. The molecule has 1 aromatic rings. The fourth-order valence-corrected chi connectivity index (χ4v) is 5.32. The number of hydrogen-bond acceptors (Lipinski definition) is 2. The summed E-state index contributed by atoms with van der Waals surface area (Å²) >= 11 is 0. The SMILES string of the molecule is COc1cccc(C(=O)C2C3CC4CC(C3)CC2C4)c1. The van der Waals surface area contributed by atoms with Gasteiger partial charge < -0.3 is 4.74 Å². The van der Waals surface area contributed by atoms with Crippen LogP contribution in [-0.4, -0.2) is 12.9 Å². The molecule has 0 aromatic heterocycles. The van der Waals surface area contributed by atoms with Gasteiger partial charge in [-0.3, -0.25) is 4.79 Å². The van der Waals surface area contributed by atoms with Crippen LogP contribution in [0.1, 0.15) is 42.5 Å². The summed E-state index contributed by atoms with van der Waals surface area (Å²) in [6, 6.07) is 7.71. The Morgan fingerprint density at radius 2 is 1.70 bits per heavy atom. The molecule has 20 heavy (non-hydrogen) atoms. The summed E-state index contributed by atoms with van der Waals surface area (Å²) in [5, 5.41) is 0. The largest absolute Gasteiger partial charge is 0.497 e. The maximum absolute atomic E-state index is 12.9. The van der Waals surface area contributed by atoms with Crippen LogP contribution in [0.4, 0.5) is 0 Å². The van der Waals surface area contributed by atoms with Gasteiger partial charge in [0.05, 0.1) is 7.11 Å². The van der Waals surface area contributed by atoms with Crippen LogP contribution in [0.3, 0.4) is 0 Å². The van der Waals surface area contributed by atoms with Gasteiger partial charge in [0, 0.05) is 11.5 Å². The lowest BCUT2D eigenvalue weighted by atomic mass is 9.51. The molecule has 4 aliphatic carbocycles. The van der Waals surface area contributed by atoms with Crippen LogP contribution in [0.25, 0.3) is 0 Å². The fourth-order valence-electron chi connectivity index (χ4n) is 5.32. The highest BCUT2D eigenvalue weighted by atomic mass is 16.5. The van der Waals surface area contributed by atoms with Gasteiger partial charge in [-0.15, -0.1) is 0 Å². The highest BCUT2D eigenvalue weighted by Crippen LogP contribution is 2.57. The molecule has 4 bridgehead atoms. The van der Waals surface area contributed by atoms with Crippen LogP contribution in [0, 0.1) is 29.6 Å². The average molecular weight is 270 g/mol. The van der Waals surface area contributed by atoms with Crippen LogP contribution in [0.15, 0.2) is 24.3 Å². The van der Waals surface area contributed by atoms with Crippen LogP contribution in [-0.2, 0) is 0 Å². The highest BCUT2D eigenvalue weighted by molar-refractivity contribution is 5.98. The molecule has 2 heteroatoms. The van der Waals surface area contributed by atoms with Crippen molar-refractivity contribution in [3.8, 4) is 5.75 Å². The molecule has 106 valence electrons. The Labute approximate surface area is 120 Å². The minimum Gasteiger partial charge on any atom is -0.497 e. The molecule has 4 aliphatic rings. The molecule has 2 nitrogen and oxygen atoms in total. The van der Waals surface area contributed by atoms with Crippen molar-refractivity contribution in [2.45, 2.75) is 32.1 Å². The van der Waals surface area contributed by atoms with Crippen molar-refractivity contribution < 1.29 is 9.53 Å². The number of carbonyl (C=O) groups is 1. The molecule has 5 rings (SSSR count). The molecule has 0 spiro atoms. The zero-order valence-electron chi connectivity index (χ0n) is 12.0. The van der Waals surface area contributed by atoms with E-state index in [4.69, 9.17) is 4.74 Å². The van der Waals surface area contributed by atoms with Gasteiger partial charge in [0.2, 0.25) is 0 Å². The minimum atomic E-state index is 0.287. The number of ketones is 1. The molecule has 0 unspecified atom stereocenters. The van der Waals surface area contributed by atoms with Crippen molar-refractivity contribution >= 4 is 5.78 Å². The van der Waals surface area contributed by atoms with Crippen molar-refractivity contribution in [3.05, 3.63) is 29.8 Å². The Kier molecular flexibility index (Phi) is 2.87. The standard InChI is InChI=1S/C18H22O2/c1-20-16-4-2-3-13(10-16)18(19)17-14-6-11-5-12(8-14)9-15(17)7-11/h2-4,10-12,14-15,17H,5-9H2,1H3. The van der Waals surface area contributed by atoms with E-state index >= 15 is 0 Å². The number of Topliss-reactive ketones (excluding diaryl/α,β-unsaturated/α-hetero) is 1.